The molecule has 4 nitrogen and oxygen atoms in total. The molecular weight excluding hydrogens is 448 g/mol. The summed E-state index contributed by atoms with van der Waals surface area (Å²) in [6.45, 7) is 6.87. The highest BCUT2D eigenvalue weighted by atomic mass is 79.9. The standard InChI is InChI=1S/C20H22BrClN2O2S/c1-20(2,3)9-4-5-11-14(6-9)27-19-15(11)18(26)23-17(24-19)12-7-10(22)8-13(21)16(12)25/h7-9,17,24-25H,4-6H2,1-3H3,(H,23,26). The molecule has 2 aliphatic rings. The van der Waals surface area contributed by atoms with E-state index in [0.717, 1.165) is 29.8 Å². The summed E-state index contributed by atoms with van der Waals surface area (Å²) in [7, 11) is 0. The molecule has 1 aliphatic carbocycles. The first-order valence-corrected chi connectivity index (χ1v) is 11.0. The van der Waals surface area contributed by atoms with Gasteiger partial charge in [0.15, 0.2) is 0 Å². The first-order chi connectivity index (χ1) is 12.6. The van der Waals surface area contributed by atoms with Gasteiger partial charge in [0, 0.05) is 15.5 Å². The van der Waals surface area contributed by atoms with Gasteiger partial charge in [0.1, 0.15) is 16.9 Å². The second kappa shape index (κ2) is 6.68. The molecular formula is C20H22BrClN2O2S. The smallest absolute Gasteiger partial charge is 0.256 e. The maximum atomic E-state index is 12.9. The molecule has 4 rings (SSSR count). The molecule has 144 valence electrons. The highest BCUT2D eigenvalue weighted by molar-refractivity contribution is 9.10. The van der Waals surface area contributed by atoms with Gasteiger partial charge in [-0.3, -0.25) is 4.79 Å². The van der Waals surface area contributed by atoms with Gasteiger partial charge >= 0.3 is 0 Å². The van der Waals surface area contributed by atoms with E-state index < -0.39 is 6.17 Å². The van der Waals surface area contributed by atoms with Crippen molar-refractivity contribution >= 4 is 49.8 Å². The lowest BCUT2D eigenvalue weighted by atomic mass is 9.72. The average molecular weight is 470 g/mol. The third kappa shape index (κ3) is 3.36. The predicted octanol–water partition coefficient (Wildman–Crippen LogP) is 5.87. The Morgan fingerprint density at radius 2 is 2.04 bits per heavy atom. The van der Waals surface area contributed by atoms with Crippen LogP contribution in [0.25, 0.3) is 0 Å². The third-order valence-electron chi connectivity index (χ3n) is 5.64. The number of phenolic OH excluding ortho intramolecular Hbond substituents is 1. The molecule has 0 bridgehead atoms. The number of aromatic hydroxyl groups is 1. The van der Waals surface area contributed by atoms with E-state index in [1.165, 1.54) is 10.4 Å². The topological polar surface area (TPSA) is 61.4 Å². The van der Waals surface area contributed by atoms with Gasteiger partial charge in [0.2, 0.25) is 0 Å². The fourth-order valence-corrected chi connectivity index (χ4v) is 6.19. The fourth-order valence-electron chi connectivity index (χ4n) is 4.00. The van der Waals surface area contributed by atoms with Gasteiger partial charge in [-0.25, -0.2) is 0 Å². The van der Waals surface area contributed by atoms with Crippen molar-refractivity contribution in [3.05, 3.63) is 43.2 Å². The van der Waals surface area contributed by atoms with Gasteiger partial charge in [0.05, 0.1) is 10.0 Å². The number of benzene rings is 1. The predicted molar refractivity (Wildman–Crippen MR) is 114 cm³/mol. The maximum Gasteiger partial charge on any atom is 0.256 e. The van der Waals surface area contributed by atoms with Crippen LogP contribution in [0, 0.1) is 11.3 Å². The van der Waals surface area contributed by atoms with Crippen LogP contribution in [0.2, 0.25) is 5.02 Å². The van der Waals surface area contributed by atoms with Gasteiger partial charge in [-0.15, -0.1) is 11.3 Å². The maximum absolute atomic E-state index is 12.9. The molecule has 2 unspecified atom stereocenters. The largest absolute Gasteiger partial charge is 0.506 e. The molecule has 1 aromatic carbocycles. The van der Waals surface area contributed by atoms with Crippen molar-refractivity contribution in [1.29, 1.82) is 0 Å². The minimum Gasteiger partial charge on any atom is -0.506 e. The van der Waals surface area contributed by atoms with Crippen LogP contribution >= 0.6 is 38.9 Å². The Labute approximate surface area is 176 Å². The van der Waals surface area contributed by atoms with Gasteiger partial charge < -0.3 is 15.7 Å². The van der Waals surface area contributed by atoms with E-state index in [4.69, 9.17) is 11.6 Å². The Bertz CT molecular complexity index is 935. The molecule has 7 heteroatoms. The van der Waals surface area contributed by atoms with Crippen molar-refractivity contribution in [1.82, 2.24) is 5.32 Å². The van der Waals surface area contributed by atoms with Crippen molar-refractivity contribution in [3.8, 4) is 5.75 Å². The Morgan fingerprint density at radius 3 is 2.74 bits per heavy atom. The van der Waals surface area contributed by atoms with E-state index in [9.17, 15) is 9.90 Å². The number of rotatable bonds is 1. The van der Waals surface area contributed by atoms with Crippen molar-refractivity contribution < 1.29 is 9.90 Å². The lowest BCUT2D eigenvalue weighted by molar-refractivity contribution is 0.0934. The second-order valence-electron chi connectivity index (χ2n) is 8.39. The molecule has 1 amide bonds. The first kappa shape index (κ1) is 19.1. The van der Waals surface area contributed by atoms with E-state index in [0.29, 0.717) is 21.0 Å². The summed E-state index contributed by atoms with van der Waals surface area (Å²) < 4.78 is 0.505. The van der Waals surface area contributed by atoms with Crippen molar-refractivity contribution in [3.63, 3.8) is 0 Å². The number of fused-ring (bicyclic) bond motifs is 3. The number of phenols is 1. The lowest BCUT2D eigenvalue weighted by Crippen LogP contribution is -2.38. The number of carbonyl (C=O) groups is 1. The number of nitrogens with one attached hydrogen (secondary N) is 2. The molecule has 1 aromatic heterocycles. The van der Waals surface area contributed by atoms with Crippen molar-refractivity contribution in [2.24, 2.45) is 11.3 Å². The second-order valence-corrected chi connectivity index (χ2v) is 10.8. The van der Waals surface area contributed by atoms with E-state index in [1.807, 2.05) is 0 Å². The van der Waals surface area contributed by atoms with Crippen LogP contribution in [0.1, 0.15) is 59.7 Å². The average Bonchev–Trinajstić information content (AvgIpc) is 2.95. The van der Waals surface area contributed by atoms with E-state index in [1.54, 1.807) is 23.5 Å². The number of carbonyl (C=O) groups excluding carboxylic acids is 1. The summed E-state index contributed by atoms with van der Waals surface area (Å²) >= 11 is 11.1. The third-order valence-corrected chi connectivity index (χ3v) is 7.64. The highest BCUT2D eigenvalue weighted by Crippen LogP contribution is 2.47. The van der Waals surface area contributed by atoms with Crippen molar-refractivity contribution in [2.75, 3.05) is 5.32 Å². The molecule has 0 radical (unpaired) electrons. The summed E-state index contributed by atoms with van der Waals surface area (Å²) in [5.74, 6) is 0.614. The Hall–Kier alpha value is -1.24. The Morgan fingerprint density at radius 1 is 1.30 bits per heavy atom. The van der Waals surface area contributed by atoms with Crippen LogP contribution < -0.4 is 10.6 Å². The highest BCUT2D eigenvalue weighted by Gasteiger charge is 2.37. The number of amides is 1. The molecule has 3 N–H and O–H groups in total. The molecule has 2 aromatic rings. The fraction of sp³-hybridized carbons (Fsp3) is 0.450. The molecule has 2 heterocycles. The number of hydrogen-bond acceptors (Lipinski definition) is 4. The molecule has 0 spiro atoms. The zero-order chi connectivity index (χ0) is 19.5. The zero-order valence-electron chi connectivity index (χ0n) is 15.5. The number of thiophene rings is 1. The van der Waals surface area contributed by atoms with E-state index in [-0.39, 0.29) is 17.1 Å². The normalized spacial score (nSPS) is 21.9. The molecule has 0 saturated carbocycles. The Balaban J connectivity index is 1.69. The zero-order valence-corrected chi connectivity index (χ0v) is 18.6. The monoisotopic (exact) mass is 468 g/mol. The van der Waals surface area contributed by atoms with Crippen LogP contribution in [0.15, 0.2) is 16.6 Å². The summed E-state index contributed by atoms with van der Waals surface area (Å²) in [6.07, 6.45) is 2.55. The summed E-state index contributed by atoms with van der Waals surface area (Å²) in [4.78, 5) is 14.2. The van der Waals surface area contributed by atoms with Crippen LogP contribution in [0.5, 0.6) is 5.75 Å². The lowest BCUT2D eigenvalue weighted by Gasteiger charge is -2.34. The minimum atomic E-state index is -0.515. The molecule has 27 heavy (non-hydrogen) atoms. The quantitative estimate of drug-likeness (QED) is 0.489. The number of halogens is 2. The molecule has 2 atom stereocenters. The summed E-state index contributed by atoms with van der Waals surface area (Å²) in [5, 5.41) is 18.2. The number of anilines is 1. The molecule has 0 saturated heterocycles. The molecule has 0 fully saturated rings. The van der Waals surface area contributed by atoms with Gasteiger partial charge in [0.25, 0.3) is 5.91 Å². The van der Waals surface area contributed by atoms with Gasteiger partial charge in [-0.05, 0) is 64.2 Å². The Kier molecular flexibility index (Phi) is 4.72. The van der Waals surface area contributed by atoms with Crippen LogP contribution in [-0.2, 0) is 12.8 Å². The van der Waals surface area contributed by atoms with E-state index >= 15 is 0 Å². The summed E-state index contributed by atoms with van der Waals surface area (Å²) in [6, 6.07) is 3.31. The summed E-state index contributed by atoms with van der Waals surface area (Å²) in [5.41, 5.74) is 2.78. The minimum absolute atomic E-state index is 0.0785. The van der Waals surface area contributed by atoms with Gasteiger partial charge in [-0.1, -0.05) is 32.4 Å². The van der Waals surface area contributed by atoms with Crippen LogP contribution in [0.3, 0.4) is 0 Å². The SMILES string of the molecule is CC(C)(C)C1CCc2c(sc3c2C(=O)NC(c2cc(Cl)cc(Br)c2O)N3)C1. The van der Waals surface area contributed by atoms with Crippen LogP contribution in [-0.4, -0.2) is 11.0 Å². The van der Waals surface area contributed by atoms with E-state index in [2.05, 4.69) is 47.3 Å². The molecule has 1 aliphatic heterocycles. The van der Waals surface area contributed by atoms with Gasteiger partial charge in [-0.2, -0.15) is 0 Å². The number of hydrogen-bond donors (Lipinski definition) is 3. The first-order valence-electron chi connectivity index (χ1n) is 9.05. The van der Waals surface area contributed by atoms with Crippen molar-refractivity contribution in [2.45, 2.75) is 46.2 Å². The van der Waals surface area contributed by atoms with Crippen LogP contribution in [0.4, 0.5) is 5.00 Å².